The lowest BCUT2D eigenvalue weighted by Gasteiger charge is -2.13. The molecule has 0 radical (unpaired) electrons. The zero-order chi connectivity index (χ0) is 13.1. The van der Waals surface area contributed by atoms with Crippen LogP contribution >= 0.6 is 11.6 Å². The molecule has 1 aliphatic heterocycles. The number of alkyl halides is 1. The van der Waals surface area contributed by atoms with Gasteiger partial charge in [-0.15, -0.1) is 11.6 Å². The van der Waals surface area contributed by atoms with E-state index < -0.39 is 0 Å². The van der Waals surface area contributed by atoms with Crippen LogP contribution in [-0.2, 0) is 18.0 Å². The molecule has 2 heteroatoms. The first-order valence-electron chi connectivity index (χ1n) is 6.69. The van der Waals surface area contributed by atoms with Gasteiger partial charge in [-0.1, -0.05) is 45.9 Å². The highest BCUT2D eigenvalue weighted by Crippen LogP contribution is 2.73. The lowest BCUT2D eigenvalue weighted by atomic mass is 9.99. The molecule has 1 atom stereocenters. The minimum Gasteiger partial charge on any atom is -0.372 e. The molecule has 18 heavy (non-hydrogen) atoms. The Morgan fingerprint density at radius 1 is 1.11 bits per heavy atom. The Labute approximate surface area is 114 Å². The van der Waals surface area contributed by atoms with Gasteiger partial charge in [0, 0.05) is 0 Å². The summed E-state index contributed by atoms with van der Waals surface area (Å²) >= 11 is 6.73. The van der Waals surface area contributed by atoms with Gasteiger partial charge in [0.2, 0.25) is 0 Å². The van der Waals surface area contributed by atoms with Crippen molar-refractivity contribution in [2.45, 2.75) is 46.3 Å². The van der Waals surface area contributed by atoms with Gasteiger partial charge < -0.3 is 4.74 Å². The molecule has 0 amide bonds. The Morgan fingerprint density at radius 3 is 2.33 bits per heavy atom. The highest BCUT2D eigenvalue weighted by molar-refractivity contribution is 6.21. The number of benzene rings is 1. The molecule has 0 aromatic heterocycles. The lowest BCUT2D eigenvalue weighted by Crippen LogP contribution is -2.00. The third kappa shape index (κ3) is 1.57. The van der Waals surface area contributed by atoms with Crippen LogP contribution in [0.2, 0.25) is 0 Å². The highest BCUT2D eigenvalue weighted by Gasteiger charge is 2.67. The van der Waals surface area contributed by atoms with Gasteiger partial charge >= 0.3 is 0 Å². The van der Waals surface area contributed by atoms with E-state index in [-0.39, 0.29) is 5.38 Å². The average molecular weight is 265 g/mol. The second kappa shape index (κ2) is 3.74. The van der Waals surface area contributed by atoms with E-state index in [9.17, 15) is 0 Å². The van der Waals surface area contributed by atoms with Gasteiger partial charge in [0.05, 0.1) is 18.6 Å². The summed E-state index contributed by atoms with van der Waals surface area (Å²) in [5.74, 6) is 0.548. The highest BCUT2D eigenvalue weighted by atomic mass is 35.5. The number of fused-ring (bicyclic) bond motifs is 1. The molecule has 0 spiro atoms. The normalized spacial score (nSPS) is 25.8. The lowest BCUT2D eigenvalue weighted by molar-refractivity contribution is 0.134. The number of hydrogen-bond donors (Lipinski definition) is 0. The van der Waals surface area contributed by atoms with Crippen molar-refractivity contribution in [1.29, 1.82) is 0 Å². The summed E-state index contributed by atoms with van der Waals surface area (Å²) in [7, 11) is 0. The van der Waals surface area contributed by atoms with Gasteiger partial charge in [-0.3, -0.25) is 0 Å². The van der Waals surface area contributed by atoms with Crippen molar-refractivity contribution in [3.8, 4) is 0 Å². The van der Waals surface area contributed by atoms with Gasteiger partial charge in [-0.2, -0.15) is 0 Å². The van der Waals surface area contributed by atoms with E-state index in [4.69, 9.17) is 16.3 Å². The molecule has 3 rings (SSSR count). The van der Waals surface area contributed by atoms with Crippen LogP contribution in [-0.4, -0.2) is 0 Å². The van der Waals surface area contributed by atoms with Crippen LogP contribution in [0.25, 0.3) is 0 Å². The van der Waals surface area contributed by atoms with Crippen molar-refractivity contribution in [2.24, 2.45) is 16.7 Å². The van der Waals surface area contributed by atoms with Crippen LogP contribution in [0.3, 0.4) is 0 Å². The second-order valence-electron chi connectivity index (χ2n) is 6.84. The molecule has 1 aromatic rings. The first-order chi connectivity index (χ1) is 8.35. The fourth-order valence-corrected chi connectivity index (χ4v) is 4.30. The molecule has 98 valence electrons. The summed E-state index contributed by atoms with van der Waals surface area (Å²) in [6, 6.07) is 6.59. The van der Waals surface area contributed by atoms with E-state index in [2.05, 4.69) is 45.9 Å². The molecule has 0 bridgehead atoms. The Kier molecular flexibility index (Phi) is 2.60. The fourth-order valence-electron chi connectivity index (χ4n) is 3.54. The van der Waals surface area contributed by atoms with E-state index in [0.717, 1.165) is 13.2 Å². The molecular weight excluding hydrogens is 244 g/mol. The summed E-state index contributed by atoms with van der Waals surface area (Å²) in [5.41, 5.74) is 4.54. The molecular formula is C16H21ClO. The predicted molar refractivity (Wildman–Crippen MR) is 74.6 cm³/mol. The molecule has 0 N–H and O–H groups in total. The molecule has 1 aliphatic carbocycles. The van der Waals surface area contributed by atoms with Crippen LogP contribution in [0.5, 0.6) is 0 Å². The predicted octanol–water partition coefficient (Wildman–Crippen LogP) is 4.68. The Hall–Kier alpha value is -0.530. The fraction of sp³-hybridized carbons (Fsp3) is 0.625. The standard InChI is InChI=1S/C16H21ClO/c1-15(2)14(16(15,3)4)13(17)10-5-6-11-8-18-9-12(11)7-10/h5-7,13-14H,8-9H2,1-4H3. The zero-order valence-corrected chi connectivity index (χ0v) is 12.3. The zero-order valence-electron chi connectivity index (χ0n) is 11.6. The van der Waals surface area contributed by atoms with Crippen molar-refractivity contribution in [2.75, 3.05) is 0 Å². The average Bonchev–Trinajstić information content (AvgIpc) is 2.69. The topological polar surface area (TPSA) is 9.23 Å². The van der Waals surface area contributed by atoms with Gasteiger partial charge in [-0.25, -0.2) is 0 Å². The summed E-state index contributed by atoms with van der Waals surface area (Å²) in [6.45, 7) is 10.8. The van der Waals surface area contributed by atoms with Crippen LogP contribution in [0, 0.1) is 16.7 Å². The summed E-state index contributed by atoms with van der Waals surface area (Å²) in [4.78, 5) is 0. The largest absolute Gasteiger partial charge is 0.372 e. The van der Waals surface area contributed by atoms with Crippen molar-refractivity contribution < 1.29 is 4.74 Å². The molecule has 2 aliphatic rings. The third-order valence-corrected chi connectivity index (χ3v) is 5.99. The number of halogens is 1. The Morgan fingerprint density at radius 2 is 1.72 bits per heavy atom. The maximum absolute atomic E-state index is 6.73. The number of hydrogen-bond acceptors (Lipinski definition) is 1. The monoisotopic (exact) mass is 264 g/mol. The minimum atomic E-state index is 0.112. The van der Waals surface area contributed by atoms with Crippen molar-refractivity contribution in [3.63, 3.8) is 0 Å². The maximum Gasteiger partial charge on any atom is 0.0725 e. The van der Waals surface area contributed by atoms with Gasteiger partial charge in [-0.05, 0) is 33.4 Å². The van der Waals surface area contributed by atoms with Gasteiger partial charge in [0.1, 0.15) is 0 Å². The molecule has 1 fully saturated rings. The molecule has 1 aromatic carbocycles. The minimum absolute atomic E-state index is 0.112. The smallest absolute Gasteiger partial charge is 0.0725 e. The summed E-state index contributed by atoms with van der Waals surface area (Å²) in [6.07, 6.45) is 0. The summed E-state index contributed by atoms with van der Waals surface area (Å²) in [5, 5.41) is 0.112. The van der Waals surface area contributed by atoms with E-state index >= 15 is 0 Å². The van der Waals surface area contributed by atoms with Crippen LogP contribution < -0.4 is 0 Å². The second-order valence-corrected chi connectivity index (χ2v) is 7.31. The van der Waals surface area contributed by atoms with Crippen LogP contribution in [0.1, 0.15) is 49.8 Å². The van der Waals surface area contributed by atoms with Crippen molar-refractivity contribution in [1.82, 2.24) is 0 Å². The maximum atomic E-state index is 6.73. The molecule has 1 unspecified atom stereocenters. The first kappa shape index (κ1) is 12.5. The van der Waals surface area contributed by atoms with Gasteiger partial charge in [0.25, 0.3) is 0 Å². The molecule has 0 saturated heterocycles. The molecule has 1 nitrogen and oxygen atoms in total. The van der Waals surface area contributed by atoms with E-state index in [1.54, 1.807) is 0 Å². The van der Waals surface area contributed by atoms with Crippen LogP contribution in [0.4, 0.5) is 0 Å². The Bertz CT molecular complexity index is 476. The SMILES string of the molecule is CC1(C)C(C(Cl)c2ccc3c(c2)COC3)C1(C)C. The van der Waals surface area contributed by atoms with Crippen molar-refractivity contribution >= 4 is 11.6 Å². The first-order valence-corrected chi connectivity index (χ1v) is 7.13. The Balaban J connectivity index is 1.88. The quantitative estimate of drug-likeness (QED) is 0.705. The van der Waals surface area contributed by atoms with E-state index in [1.165, 1.54) is 16.7 Å². The van der Waals surface area contributed by atoms with E-state index in [0.29, 0.717) is 16.7 Å². The molecule has 1 heterocycles. The van der Waals surface area contributed by atoms with Gasteiger partial charge in [0.15, 0.2) is 0 Å². The third-order valence-electron chi connectivity index (χ3n) is 5.49. The van der Waals surface area contributed by atoms with Crippen LogP contribution in [0.15, 0.2) is 18.2 Å². The number of rotatable bonds is 2. The number of ether oxygens (including phenoxy) is 1. The van der Waals surface area contributed by atoms with Crippen molar-refractivity contribution in [3.05, 3.63) is 34.9 Å². The summed E-state index contributed by atoms with van der Waals surface area (Å²) < 4.78 is 5.46. The van der Waals surface area contributed by atoms with E-state index in [1.807, 2.05) is 0 Å². The molecule has 1 saturated carbocycles.